The van der Waals surface area contributed by atoms with E-state index >= 15 is 0 Å². The van der Waals surface area contributed by atoms with Gasteiger partial charge in [-0.3, -0.25) is 4.98 Å². The molecule has 106 valence electrons. The molecule has 2 heterocycles. The van der Waals surface area contributed by atoms with Gasteiger partial charge in [-0.15, -0.1) is 0 Å². The lowest BCUT2D eigenvalue weighted by Gasteiger charge is -2.17. The highest BCUT2D eigenvalue weighted by atomic mass is 16.5. The molecule has 21 heavy (non-hydrogen) atoms. The second kappa shape index (κ2) is 5.85. The zero-order chi connectivity index (χ0) is 14.7. The van der Waals surface area contributed by atoms with E-state index in [1.54, 1.807) is 13.3 Å². The Morgan fingerprint density at radius 2 is 1.95 bits per heavy atom. The smallest absolute Gasteiger partial charge is 0.216 e. The first-order valence-electron chi connectivity index (χ1n) is 6.70. The highest BCUT2D eigenvalue weighted by Gasteiger charge is 2.17. The van der Waals surface area contributed by atoms with Crippen molar-refractivity contribution < 1.29 is 4.74 Å². The molecular formula is C16H16N4O. The molecule has 0 fully saturated rings. The van der Waals surface area contributed by atoms with E-state index in [1.165, 1.54) is 6.33 Å². The van der Waals surface area contributed by atoms with E-state index in [9.17, 15) is 0 Å². The molecule has 0 radical (unpaired) electrons. The van der Waals surface area contributed by atoms with Gasteiger partial charge in [-0.05, 0) is 13.1 Å². The fraction of sp³-hybridized carbons (Fsp3) is 0.188. The minimum Gasteiger partial charge on any atom is -0.481 e. The van der Waals surface area contributed by atoms with Crippen LogP contribution in [0.1, 0.15) is 17.3 Å². The number of para-hydroxylation sites is 1. The monoisotopic (exact) mass is 280 g/mol. The molecule has 5 heteroatoms. The SMILES string of the molecule is CNC(c1cc(OC)ncn1)c1cccc2cccnc12. The van der Waals surface area contributed by atoms with Crippen molar-refractivity contribution >= 4 is 10.9 Å². The molecule has 0 amide bonds. The molecule has 5 nitrogen and oxygen atoms in total. The van der Waals surface area contributed by atoms with Crippen molar-refractivity contribution in [1.29, 1.82) is 0 Å². The number of hydrogen-bond donors (Lipinski definition) is 1. The third-order valence-corrected chi connectivity index (χ3v) is 3.43. The average molecular weight is 280 g/mol. The van der Waals surface area contributed by atoms with Crippen LogP contribution in [0, 0.1) is 0 Å². The van der Waals surface area contributed by atoms with Crippen molar-refractivity contribution in [3.05, 3.63) is 60.2 Å². The van der Waals surface area contributed by atoms with Crippen molar-refractivity contribution in [2.75, 3.05) is 14.2 Å². The number of ether oxygens (including phenoxy) is 1. The van der Waals surface area contributed by atoms with Crippen LogP contribution in [0.3, 0.4) is 0 Å². The van der Waals surface area contributed by atoms with Gasteiger partial charge in [-0.1, -0.05) is 24.3 Å². The van der Waals surface area contributed by atoms with Crippen LogP contribution in [0.25, 0.3) is 10.9 Å². The summed E-state index contributed by atoms with van der Waals surface area (Å²) in [5, 5.41) is 4.40. The molecule has 0 aliphatic rings. The molecule has 1 N–H and O–H groups in total. The van der Waals surface area contributed by atoms with E-state index in [1.807, 2.05) is 25.2 Å². The van der Waals surface area contributed by atoms with Gasteiger partial charge in [-0.2, -0.15) is 0 Å². The van der Waals surface area contributed by atoms with Crippen molar-refractivity contribution in [1.82, 2.24) is 20.3 Å². The molecule has 1 aromatic carbocycles. The fourth-order valence-corrected chi connectivity index (χ4v) is 2.45. The quantitative estimate of drug-likeness (QED) is 0.795. The number of pyridine rings is 1. The first-order chi connectivity index (χ1) is 10.3. The maximum absolute atomic E-state index is 5.18. The molecule has 0 aliphatic heterocycles. The van der Waals surface area contributed by atoms with Gasteiger partial charge in [0.05, 0.1) is 24.4 Å². The predicted octanol–water partition coefficient (Wildman–Crippen LogP) is 2.34. The topological polar surface area (TPSA) is 59.9 Å². The summed E-state index contributed by atoms with van der Waals surface area (Å²) < 4.78 is 5.18. The molecule has 0 saturated carbocycles. The Kier molecular flexibility index (Phi) is 3.75. The fourth-order valence-electron chi connectivity index (χ4n) is 2.45. The van der Waals surface area contributed by atoms with Gasteiger partial charge in [0.2, 0.25) is 5.88 Å². The van der Waals surface area contributed by atoms with Gasteiger partial charge >= 0.3 is 0 Å². The first-order valence-corrected chi connectivity index (χ1v) is 6.70. The van der Waals surface area contributed by atoms with Crippen LogP contribution in [0.15, 0.2) is 48.9 Å². The van der Waals surface area contributed by atoms with Crippen molar-refractivity contribution in [3.8, 4) is 5.88 Å². The molecule has 0 bridgehead atoms. The van der Waals surface area contributed by atoms with E-state index in [4.69, 9.17) is 4.74 Å². The van der Waals surface area contributed by atoms with Gasteiger partial charge in [0.1, 0.15) is 6.33 Å². The second-order valence-electron chi connectivity index (χ2n) is 4.63. The molecular weight excluding hydrogens is 264 g/mol. The zero-order valence-electron chi connectivity index (χ0n) is 11.9. The van der Waals surface area contributed by atoms with Gasteiger partial charge in [0.25, 0.3) is 0 Å². The molecule has 0 saturated heterocycles. The standard InChI is InChI=1S/C16H16N4O/c1-17-16(13-9-14(21-2)20-10-19-13)12-7-3-5-11-6-4-8-18-15(11)12/h3-10,16-17H,1-2H3. The summed E-state index contributed by atoms with van der Waals surface area (Å²) in [7, 11) is 3.50. The number of hydrogen-bond acceptors (Lipinski definition) is 5. The molecule has 1 unspecified atom stereocenters. The lowest BCUT2D eigenvalue weighted by molar-refractivity contribution is 0.395. The zero-order valence-corrected chi connectivity index (χ0v) is 11.9. The van der Waals surface area contributed by atoms with E-state index in [0.717, 1.165) is 22.2 Å². The first kappa shape index (κ1) is 13.5. The summed E-state index contributed by atoms with van der Waals surface area (Å²) in [6, 6.07) is 11.9. The normalized spacial score (nSPS) is 12.3. The molecule has 0 aliphatic carbocycles. The number of aromatic nitrogens is 3. The third-order valence-electron chi connectivity index (χ3n) is 3.43. The van der Waals surface area contributed by atoms with Crippen LogP contribution in [0.2, 0.25) is 0 Å². The lowest BCUT2D eigenvalue weighted by Crippen LogP contribution is -2.19. The Balaban J connectivity index is 2.13. The summed E-state index contributed by atoms with van der Waals surface area (Å²) in [6.45, 7) is 0. The largest absolute Gasteiger partial charge is 0.481 e. The highest BCUT2D eigenvalue weighted by molar-refractivity contribution is 5.82. The second-order valence-corrected chi connectivity index (χ2v) is 4.63. The maximum atomic E-state index is 5.18. The molecule has 3 rings (SSSR count). The van der Waals surface area contributed by atoms with Gasteiger partial charge in [0.15, 0.2) is 0 Å². The minimum atomic E-state index is -0.0690. The highest BCUT2D eigenvalue weighted by Crippen LogP contribution is 2.27. The summed E-state index contributed by atoms with van der Waals surface area (Å²) in [5.41, 5.74) is 2.90. The average Bonchev–Trinajstić information content (AvgIpc) is 2.56. The van der Waals surface area contributed by atoms with E-state index in [-0.39, 0.29) is 6.04 Å². The maximum Gasteiger partial charge on any atom is 0.216 e. The Hall–Kier alpha value is -2.53. The lowest BCUT2D eigenvalue weighted by atomic mass is 10.00. The number of benzene rings is 1. The van der Waals surface area contributed by atoms with Crippen LogP contribution in [0.4, 0.5) is 0 Å². The van der Waals surface area contributed by atoms with Crippen molar-refractivity contribution in [3.63, 3.8) is 0 Å². The third kappa shape index (κ3) is 2.55. The Bertz CT molecular complexity index is 755. The van der Waals surface area contributed by atoms with Crippen LogP contribution in [0.5, 0.6) is 5.88 Å². The van der Waals surface area contributed by atoms with Crippen LogP contribution in [-0.2, 0) is 0 Å². The summed E-state index contributed by atoms with van der Waals surface area (Å²) in [6.07, 6.45) is 3.32. The van der Waals surface area contributed by atoms with Gasteiger partial charge in [-0.25, -0.2) is 9.97 Å². The van der Waals surface area contributed by atoms with Crippen LogP contribution < -0.4 is 10.1 Å². The molecule has 2 aromatic heterocycles. The Morgan fingerprint density at radius 3 is 2.76 bits per heavy atom. The Labute approximate surface area is 123 Å². The van der Waals surface area contributed by atoms with Crippen molar-refractivity contribution in [2.24, 2.45) is 0 Å². The minimum absolute atomic E-state index is 0.0690. The van der Waals surface area contributed by atoms with Gasteiger partial charge < -0.3 is 10.1 Å². The number of fused-ring (bicyclic) bond motifs is 1. The Morgan fingerprint density at radius 1 is 1.10 bits per heavy atom. The van der Waals surface area contributed by atoms with E-state index < -0.39 is 0 Å². The number of nitrogens with one attached hydrogen (secondary N) is 1. The van der Waals surface area contributed by atoms with E-state index in [0.29, 0.717) is 5.88 Å². The molecule has 0 spiro atoms. The summed E-state index contributed by atoms with van der Waals surface area (Å²) in [5.74, 6) is 0.549. The summed E-state index contributed by atoms with van der Waals surface area (Å²) >= 11 is 0. The number of rotatable bonds is 4. The van der Waals surface area contributed by atoms with Gasteiger partial charge in [0, 0.05) is 23.2 Å². The molecule has 1 atom stereocenters. The van der Waals surface area contributed by atoms with Crippen LogP contribution in [-0.4, -0.2) is 29.1 Å². The molecule has 3 aromatic rings. The predicted molar refractivity (Wildman–Crippen MR) is 81.2 cm³/mol. The van der Waals surface area contributed by atoms with Crippen molar-refractivity contribution in [2.45, 2.75) is 6.04 Å². The summed E-state index contributed by atoms with van der Waals surface area (Å²) in [4.78, 5) is 12.9. The number of methoxy groups -OCH3 is 1. The van der Waals surface area contributed by atoms with E-state index in [2.05, 4.69) is 38.5 Å². The van der Waals surface area contributed by atoms with Crippen LogP contribution >= 0.6 is 0 Å². The number of nitrogens with zero attached hydrogens (tertiary/aromatic N) is 3.